The van der Waals surface area contributed by atoms with Crippen molar-refractivity contribution in [1.82, 2.24) is 14.9 Å². The summed E-state index contributed by atoms with van der Waals surface area (Å²) < 4.78 is 0. The predicted octanol–water partition coefficient (Wildman–Crippen LogP) is 3.67. The monoisotopic (exact) mass is 310 g/mol. The van der Waals surface area contributed by atoms with Gasteiger partial charge in [-0.15, -0.1) is 0 Å². The third-order valence-corrected chi connectivity index (χ3v) is 5.13. The van der Waals surface area contributed by atoms with Gasteiger partial charge in [0.05, 0.1) is 11.4 Å². The Morgan fingerprint density at radius 3 is 2.57 bits per heavy atom. The quantitative estimate of drug-likeness (QED) is 0.921. The lowest BCUT2D eigenvalue weighted by Gasteiger charge is -2.45. The van der Waals surface area contributed by atoms with E-state index in [1.807, 2.05) is 13.8 Å². The summed E-state index contributed by atoms with van der Waals surface area (Å²) in [7, 11) is 4.35. The lowest BCUT2D eigenvalue weighted by Crippen LogP contribution is -2.52. The average Bonchev–Trinajstić information content (AvgIpc) is 2.41. The Balaban J connectivity index is 2.14. The van der Waals surface area contributed by atoms with E-state index in [-0.39, 0.29) is 5.54 Å². The second-order valence-electron chi connectivity index (χ2n) is 6.71. The van der Waals surface area contributed by atoms with Crippen molar-refractivity contribution in [2.75, 3.05) is 26.0 Å². The number of anilines is 1. The minimum atomic E-state index is 0.182. The third kappa shape index (κ3) is 3.67. The maximum Gasteiger partial charge on any atom is 0.171 e. The van der Waals surface area contributed by atoms with E-state index < -0.39 is 0 Å². The molecule has 0 bridgehead atoms. The molecule has 1 aromatic rings. The van der Waals surface area contributed by atoms with Gasteiger partial charge in [-0.2, -0.15) is 0 Å². The van der Waals surface area contributed by atoms with Crippen LogP contribution in [0.5, 0.6) is 0 Å². The van der Waals surface area contributed by atoms with Crippen molar-refractivity contribution >= 4 is 17.4 Å². The zero-order valence-electron chi connectivity index (χ0n) is 13.8. The van der Waals surface area contributed by atoms with Crippen LogP contribution in [0.3, 0.4) is 0 Å². The van der Waals surface area contributed by atoms with E-state index in [4.69, 9.17) is 11.6 Å². The Labute approximate surface area is 133 Å². The van der Waals surface area contributed by atoms with Crippen LogP contribution in [0.4, 0.5) is 5.82 Å². The molecule has 21 heavy (non-hydrogen) atoms. The zero-order valence-corrected chi connectivity index (χ0v) is 14.6. The van der Waals surface area contributed by atoms with Gasteiger partial charge in [0.2, 0.25) is 0 Å². The summed E-state index contributed by atoms with van der Waals surface area (Å²) in [6.07, 6.45) is 5.04. The van der Waals surface area contributed by atoms with Crippen LogP contribution in [0.1, 0.15) is 44.0 Å². The summed E-state index contributed by atoms with van der Waals surface area (Å²) in [4.78, 5) is 11.2. The summed E-state index contributed by atoms with van der Waals surface area (Å²) in [6.45, 7) is 7.11. The molecule has 1 fully saturated rings. The van der Waals surface area contributed by atoms with E-state index >= 15 is 0 Å². The van der Waals surface area contributed by atoms with Gasteiger partial charge < -0.3 is 10.2 Å². The van der Waals surface area contributed by atoms with Crippen LogP contribution in [0.25, 0.3) is 0 Å². The lowest BCUT2D eigenvalue weighted by molar-refractivity contribution is 0.0881. The molecule has 0 aromatic carbocycles. The molecule has 1 aliphatic rings. The number of hydrogen-bond acceptors (Lipinski definition) is 4. The van der Waals surface area contributed by atoms with Gasteiger partial charge in [0.25, 0.3) is 0 Å². The highest BCUT2D eigenvalue weighted by Gasteiger charge is 2.36. The molecule has 2 rings (SSSR count). The van der Waals surface area contributed by atoms with Crippen LogP contribution >= 0.6 is 11.6 Å². The Kier molecular flexibility index (Phi) is 5.10. The van der Waals surface area contributed by atoms with Crippen molar-refractivity contribution < 1.29 is 0 Å². The van der Waals surface area contributed by atoms with Gasteiger partial charge in [-0.25, -0.2) is 9.97 Å². The molecule has 0 spiro atoms. The fourth-order valence-electron chi connectivity index (χ4n) is 3.29. The van der Waals surface area contributed by atoms with E-state index in [9.17, 15) is 0 Å². The Morgan fingerprint density at radius 1 is 1.29 bits per heavy atom. The number of halogens is 1. The van der Waals surface area contributed by atoms with Crippen molar-refractivity contribution in [3.63, 3.8) is 0 Å². The Bertz CT molecular complexity index is 503. The Morgan fingerprint density at radius 2 is 1.95 bits per heavy atom. The maximum absolute atomic E-state index is 6.22. The van der Waals surface area contributed by atoms with Crippen molar-refractivity contribution in [2.24, 2.45) is 5.92 Å². The predicted molar refractivity (Wildman–Crippen MR) is 89.1 cm³/mol. The van der Waals surface area contributed by atoms with E-state index in [2.05, 4.69) is 41.2 Å². The highest BCUT2D eigenvalue weighted by molar-refractivity contribution is 6.31. The topological polar surface area (TPSA) is 41.1 Å². The SMILES string of the molecule is Cc1nc(Cl)c(NCC2(N(C)C)CCCC(C)C2)nc1C. The van der Waals surface area contributed by atoms with Crippen LogP contribution in [-0.2, 0) is 0 Å². The van der Waals surface area contributed by atoms with Crippen LogP contribution in [0, 0.1) is 19.8 Å². The molecule has 4 nitrogen and oxygen atoms in total. The molecular weight excluding hydrogens is 284 g/mol. The number of likely N-dealkylation sites (N-methyl/N-ethyl adjacent to an activating group) is 1. The van der Waals surface area contributed by atoms with Gasteiger partial charge in [0.1, 0.15) is 0 Å². The summed E-state index contributed by atoms with van der Waals surface area (Å²) in [5.74, 6) is 1.48. The third-order valence-electron chi connectivity index (χ3n) is 4.87. The molecule has 0 aliphatic heterocycles. The minimum Gasteiger partial charge on any atom is -0.366 e. The first kappa shape index (κ1) is 16.5. The van der Waals surface area contributed by atoms with Crippen molar-refractivity contribution in [3.8, 4) is 0 Å². The van der Waals surface area contributed by atoms with Crippen molar-refractivity contribution in [3.05, 3.63) is 16.5 Å². The lowest BCUT2D eigenvalue weighted by atomic mass is 9.75. The van der Waals surface area contributed by atoms with E-state index in [0.29, 0.717) is 11.0 Å². The van der Waals surface area contributed by atoms with Crippen LogP contribution < -0.4 is 5.32 Å². The van der Waals surface area contributed by atoms with E-state index in [1.165, 1.54) is 25.7 Å². The number of nitrogens with zero attached hydrogens (tertiary/aromatic N) is 3. The largest absolute Gasteiger partial charge is 0.366 e. The highest BCUT2D eigenvalue weighted by atomic mass is 35.5. The molecule has 2 unspecified atom stereocenters. The summed E-state index contributed by atoms with van der Waals surface area (Å²) in [5, 5.41) is 3.91. The highest BCUT2D eigenvalue weighted by Crippen LogP contribution is 2.36. The maximum atomic E-state index is 6.22. The van der Waals surface area contributed by atoms with Gasteiger partial charge in [-0.05, 0) is 46.7 Å². The molecule has 1 saturated carbocycles. The summed E-state index contributed by atoms with van der Waals surface area (Å²) in [6, 6.07) is 0. The molecule has 1 heterocycles. The van der Waals surface area contributed by atoms with Crippen molar-refractivity contribution in [2.45, 2.75) is 52.0 Å². The van der Waals surface area contributed by atoms with Crippen molar-refractivity contribution in [1.29, 1.82) is 0 Å². The molecular formula is C16H27ClN4. The molecule has 1 N–H and O–H groups in total. The van der Waals surface area contributed by atoms with Crippen LogP contribution in [-0.4, -0.2) is 41.0 Å². The minimum absolute atomic E-state index is 0.182. The van der Waals surface area contributed by atoms with Crippen LogP contribution in [0.15, 0.2) is 0 Å². The molecule has 118 valence electrons. The second-order valence-corrected chi connectivity index (χ2v) is 7.07. The first-order chi connectivity index (χ1) is 9.84. The Hall–Kier alpha value is -0.870. The number of aryl methyl sites for hydroxylation is 2. The first-order valence-electron chi connectivity index (χ1n) is 7.76. The molecule has 0 saturated heterocycles. The van der Waals surface area contributed by atoms with Crippen LogP contribution in [0.2, 0.25) is 5.15 Å². The van der Waals surface area contributed by atoms with E-state index in [0.717, 1.165) is 23.9 Å². The van der Waals surface area contributed by atoms with Gasteiger partial charge in [-0.1, -0.05) is 31.4 Å². The number of hydrogen-bond donors (Lipinski definition) is 1. The fourth-order valence-corrected chi connectivity index (χ4v) is 3.53. The molecule has 0 radical (unpaired) electrons. The van der Waals surface area contributed by atoms with Gasteiger partial charge in [0.15, 0.2) is 11.0 Å². The zero-order chi connectivity index (χ0) is 15.6. The summed E-state index contributed by atoms with van der Waals surface area (Å²) >= 11 is 6.22. The normalized spacial score (nSPS) is 26.1. The van der Waals surface area contributed by atoms with Gasteiger partial charge in [-0.3, -0.25) is 0 Å². The van der Waals surface area contributed by atoms with Gasteiger partial charge in [0, 0.05) is 12.1 Å². The average molecular weight is 311 g/mol. The number of aromatic nitrogens is 2. The fraction of sp³-hybridized carbons (Fsp3) is 0.750. The molecule has 0 amide bonds. The summed E-state index contributed by atoms with van der Waals surface area (Å²) in [5.41, 5.74) is 2.00. The molecule has 1 aliphatic carbocycles. The van der Waals surface area contributed by atoms with E-state index in [1.54, 1.807) is 0 Å². The smallest absolute Gasteiger partial charge is 0.171 e. The molecule has 1 aromatic heterocycles. The first-order valence-corrected chi connectivity index (χ1v) is 8.14. The number of rotatable bonds is 4. The van der Waals surface area contributed by atoms with Gasteiger partial charge >= 0.3 is 0 Å². The molecule has 2 atom stereocenters. The second kappa shape index (κ2) is 6.49. The standard InChI is InChI=1S/C16H27ClN4/c1-11-7-6-8-16(9-11,21(4)5)10-18-15-14(17)19-12(2)13(3)20-15/h11H,6-10H2,1-5H3,(H,18,20). The molecule has 5 heteroatoms. The number of nitrogens with one attached hydrogen (secondary N) is 1.